The topological polar surface area (TPSA) is 43.0 Å². The highest BCUT2D eigenvalue weighted by molar-refractivity contribution is 7.25. The first-order chi connectivity index (χ1) is 7.31. The number of imidazole rings is 1. The first-order valence-electron chi connectivity index (χ1n) is 5.00. The van der Waals surface area contributed by atoms with Crippen LogP contribution in [-0.2, 0) is 13.2 Å². The van der Waals surface area contributed by atoms with Gasteiger partial charge in [-0.1, -0.05) is 0 Å². The van der Waals surface area contributed by atoms with Crippen molar-refractivity contribution in [1.82, 2.24) is 13.9 Å². The van der Waals surface area contributed by atoms with Crippen LogP contribution >= 0.6 is 8.35 Å². The van der Waals surface area contributed by atoms with E-state index in [4.69, 9.17) is 0 Å². The van der Waals surface area contributed by atoms with E-state index in [2.05, 4.69) is 32.7 Å². The van der Waals surface area contributed by atoms with E-state index in [-0.39, 0.29) is 6.61 Å². The van der Waals surface area contributed by atoms with Crippen LogP contribution in [0.15, 0.2) is 18.1 Å². The van der Waals surface area contributed by atoms with Crippen molar-refractivity contribution in [2.24, 2.45) is 0 Å². The Morgan fingerprint density at radius 2 is 2.47 bits per heavy atom. The fourth-order valence-electron chi connectivity index (χ4n) is 2.23. The zero-order valence-electron chi connectivity index (χ0n) is 8.46. The van der Waals surface area contributed by atoms with Crippen molar-refractivity contribution in [3.05, 3.63) is 23.9 Å². The summed E-state index contributed by atoms with van der Waals surface area (Å²) in [5.41, 5.74) is 2.35. The first kappa shape index (κ1) is 9.13. The first-order valence-corrected chi connectivity index (χ1v) is 5.92. The molecule has 0 saturated heterocycles. The lowest BCUT2D eigenvalue weighted by molar-refractivity contribution is 0.259. The van der Waals surface area contributed by atoms with Crippen LogP contribution in [0.1, 0.15) is 18.8 Å². The molecule has 0 spiro atoms. The van der Waals surface area contributed by atoms with Gasteiger partial charge in [0.1, 0.15) is 12.4 Å². The minimum atomic E-state index is 0.0129. The highest BCUT2D eigenvalue weighted by Gasteiger charge is 2.23. The molecular weight excluding hydrogens is 209 g/mol. The van der Waals surface area contributed by atoms with Gasteiger partial charge in [0.25, 0.3) is 0 Å². The summed E-state index contributed by atoms with van der Waals surface area (Å²) < 4.78 is 4.46. The van der Waals surface area contributed by atoms with E-state index in [1.165, 1.54) is 14.0 Å². The van der Waals surface area contributed by atoms with E-state index in [9.17, 15) is 5.11 Å². The molecule has 3 heterocycles. The average molecular weight is 221 g/mol. The zero-order valence-corrected chi connectivity index (χ0v) is 9.35. The summed E-state index contributed by atoms with van der Waals surface area (Å²) >= 11 is 0. The molecular formula is C10H12N3OP. The van der Waals surface area contributed by atoms with Gasteiger partial charge < -0.3 is 14.0 Å². The molecule has 1 atom stereocenters. The van der Waals surface area contributed by atoms with Gasteiger partial charge in [-0.15, -0.1) is 0 Å². The van der Waals surface area contributed by atoms with Crippen LogP contribution in [0.25, 0.3) is 11.4 Å². The Morgan fingerprint density at radius 1 is 1.60 bits per heavy atom. The third-order valence-electron chi connectivity index (χ3n) is 2.87. The molecule has 0 bridgehead atoms. The highest BCUT2D eigenvalue weighted by atomic mass is 31.0. The fourth-order valence-corrected chi connectivity index (χ4v) is 3.22. The molecule has 1 aliphatic rings. The van der Waals surface area contributed by atoms with E-state index in [1.807, 2.05) is 6.20 Å². The fraction of sp³-hybridized carbons (Fsp3) is 0.400. The van der Waals surface area contributed by atoms with E-state index >= 15 is 0 Å². The Bertz CT molecular complexity index is 502. The largest absolute Gasteiger partial charge is 0.388 e. The van der Waals surface area contributed by atoms with E-state index < -0.39 is 0 Å². The number of hydrogen-bond donors (Lipinski definition) is 1. The second kappa shape index (κ2) is 3.19. The number of aliphatic hydroxyl groups is 1. The monoisotopic (exact) mass is 221 g/mol. The predicted octanol–water partition coefficient (Wildman–Crippen LogP) is 2.00. The van der Waals surface area contributed by atoms with Crippen LogP contribution < -0.4 is 0 Å². The van der Waals surface area contributed by atoms with Gasteiger partial charge in [0.05, 0.1) is 23.6 Å². The second-order valence-corrected chi connectivity index (χ2v) is 4.85. The molecule has 0 amide bonds. The van der Waals surface area contributed by atoms with Crippen LogP contribution in [0.2, 0.25) is 0 Å². The summed E-state index contributed by atoms with van der Waals surface area (Å²) in [7, 11) is 1.24. The van der Waals surface area contributed by atoms with Crippen LogP contribution in [0, 0.1) is 0 Å². The van der Waals surface area contributed by atoms with E-state index in [1.54, 1.807) is 0 Å². The number of rotatable bonds is 1. The Balaban J connectivity index is 2.25. The van der Waals surface area contributed by atoms with Crippen molar-refractivity contribution in [1.29, 1.82) is 0 Å². The van der Waals surface area contributed by atoms with Crippen molar-refractivity contribution in [2.45, 2.75) is 26.1 Å². The number of aromatic nitrogens is 3. The predicted molar refractivity (Wildman–Crippen MR) is 58.8 cm³/mol. The van der Waals surface area contributed by atoms with Crippen LogP contribution in [0.5, 0.6) is 0 Å². The minimum Gasteiger partial charge on any atom is -0.388 e. The lowest BCUT2D eigenvalue weighted by Gasteiger charge is -2.25. The molecule has 78 valence electrons. The molecule has 0 fully saturated rings. The van der Waals surface area contributed by atoms with Gasteiger partial charge >= 0.3 is 0 Å². The van der Waals surface area contributed by atoms with Gasteiger partial charge in [-0.2, -0.15) is 0 Å². The van der Waals surface area contributed by atoms with Gasteiger partial charge in [0.2, 0.25) is 0 Å². The number of nitrogens with zero attached hydrogens (tertiary/aromatic N) is 3. The molecule has 0 aromatic carbocycles. The SMILES string of the molecule is CC1Cn2pccc2-c2cnc(CO)n21. The van der Waals surface area contributed by atoms with Crippen LogP contribution in [-0.4, -0.2) is 19.0 Å². The van der Waals surface area contributed by atoms with Crippen molar-refractivity contribution in [3.8, 4) is 11.4 Å². The molecule has 4 nitrogen and oxygen atoms in total. The van der Waals surface area contributed by atoms with Gasteiger partial charge in [0.15, 0.2) is 0 Å². The maximum absolute atomic E-state index is 9.21. The summed E-state index contributed by atoms with van der Waals surface area (Å²) in [4.78, 5) is 4.26. The standard InChI is InChI=1S/C10H12N3OP/c1-7-5-12-8(2-3-15-12)9-4-11-10(6-14)13(7)9/h2-4,7,14H,5-6H2,1H3. The maximum atomic E-state index is 9.21. The molecule has 0 aliphatic carbocycles. The quantitative estimate of drug-likeness (QED) is 0.800. The van der Waals surface area contributed by atoms with Crippen LogP contribution in [0.3, 0.4) is 0 Å². The number of aliphatic hydroxyl groups excluding tert-OH is 1. The lowest BCUT2D eigenvalue weighted by Crippen LogP contribution is -2.20. The molecule has 1 unspecified atom stereocenters. The van der Waals surface area contributed by atoms with Crippen molar-refractivity contribution in [3.63, 3.8) is 0 Å². The number of fused-ring (bicyclic) bond motifs is 3. The molecule has 1 aliphatic heterocycles. The van der Waals surface area contributed by atoms with Gasteiger partial charge in [-0.3, -0.25) is 0 Å². The van der Waals surface area contributed by atoms with Crippen LogP contribution in [0.4, 0.5) is 0 Å². The Hall–Kier alpha value is -1.12. The Labute approximate surface area is 89.4 Å². The Kier molecular flexibility index (Phi) is 1.94. The Morgan fingerprint density at radius 3 is 3.27 bits per heavy atom. The second-order valence-electron chi connectivity index (χ2n) is 3.84. The molecule has 1 N–H and O–H groups in total. The van der Waals surface area contributed by atoms with E-state index in [0.717, 1.165) is 18.1 Å². The number of hydrogen-bond acceptors (Lipinski definition) is 2. The van der Waals surface area contributed by atoms with Gasteiger partial charge in [-0.25, -0.2) is 4.98 Å². The summed E-state index contributed by atoms with van der Waals surface area (Å²) in [6, 6.07) is 2.50. The smallest absolute Gasteiger partial charge is 0.135 e. The zero-order chi connectivity index (χ0) is 10.4. The van der Waals surface area contributed by atoms with Crippen molar-refractivity contribution < 1.29 is 5.11 Å². The van der Waals surface area contributed by atoms with Gasteiger partial charge in [0, 0.05) is 14.9 Å². The molecule has 15 heavy (non-hydrogen) atoms. The van der Waals surface area contributed by atoms with E-state index in [0.29, 0.717) is 6.04 Å². The lowest BCUT2D eigenvalue weighted by atomic mass is 10.2. The average Bonchev–Trinajstić information content (AvgIpc) is 2.81. The molecule has 2 aromatic heterocycles. The summed E-state index contributed by atoms with van der Waals surface area (Å²) in [5, 5.41) is 9.21. The normalized spacial score (nSPS) is 19.2. The maximum Gasteiger partial charge on any atom is 0.135 e. The molecule has 3 rings (SSSR count). The summed E-state index contributed by atoms with van der Waals surface area (Å²) in [5.74, 6) is 2.91. The molecule has 2 aromatic rings. The van der Waals surface area contributed by atoms with Gasteiger partial charge in [-0.05, 0) is 18.8 Å². The third kappa shape index (κ3) is 1.18. The van der Waals surface area contributed by atoms with Crippen molar-refractivity contribution >= 4 is 8.35 Å². The van der Waals surface area contributed by atoms with Crippen molar-refractivity contribution in [2.75, 3.05) is 0 Å². The summed E-state index contributed by atoms with van der Waals surface area (Å²) in [6.07, 6.45) is 1.86. The summed E-state index contributed by atoms with van der Waals surface area (Å²) in [6.45, 7) is 3.16. The highest BCUT2D eigenvalue weighted by Crippen LogP contribution is 2.34. The molecule has 5 heteroatoms. The molecule has 0 radical (unpaired) electrons. The molecule has 0 saturated carbocycles. The third-order valence-corrected chi connectivity index (χ3v) is 3.81. The minimum absolute atomic E-state index is 0.0129.